The van der Waals surface area contributed by atoms with Gasteiger partial charge in [0.25, 0.3) is 5.91 Å². The average Bonchev–Trinajstić information content (AvgIpc) is 3.49. The van der Waals surface area contributed by atoms with E-state index in [1.165, 1.54) is 18.4 Å². The highest BCUT2D eigenvalue weighted by Crippen LogP contribution is 2.23. The highest BCUT2D eigenvalue weighted by Gasteiger charge is 2.15. The van der Waals surface area contributed by atoms with Crippen LogP contribution in [0.4, 0.5) is 5.69 Å². The lowest BCUT2D eigenvalue weighted by molar-refractivity contribution is 0.0600. The molecule has 0 aliphatic heterocycles. The van der Waals surface area contributed by atoms with Gasteiger partial charge in [0.2, 0.25) is 0 Å². The summed E-state index contributed by atoms with van der Waals surface area (Å²) < 4.78 is 6.56. The molecule has 3 heterocycles. The van der Waals surface area contributed by atoms with E-state index in [1.54, 1.807) is 36.7 Å². The molecular weight excluding hydrogens is 402 g/mol. The number of rotatable bonds is 6. The molecule has 0 bridgehead atoms. The Hall–Kier alpha value is -3.72. The van der Waals surface area contributed by atoms with E-state index in [0.717, 1.165) is 21.8 Å². The van der Waals surface area contributed by atoms with Crippen molar-refractivity contribution in [3.05, 3.63) is 76.8 Å². The topological polar surface area (TPSA) is 102 Å². The van der Waals surface area contributed by atoms with E-state index in [2.05, 4.69) is 25.2 Å². The van der Waals surface area contributed by atoms with Gasteiger partial charge >= 0.3 is 5.97 Å². The molecule has 0 fully saturated rings. The molecule has 2 N–H and O–H groups in total. The van der Waals surface area contributed by atoms with Crippen LogP contribution in [-0.4, -0.2) is 38.7 Å². The molecule has 1 amide bonds. The van der Waals surface area contributed by atoms with Gasteiger partial charge in [-0.3, -0.25) is 9.89 Å². The number of anilines is 1. The Labute approximate surface area is 176 Å². The molecule has 152 valence electrons. The summed E-state index contributed by atoms with van der Waals surface area (Å²) in [6, 6.07) is 8.39. The van der Waals surface area contributed by atoms with Crippen LogP contribution in [0.2, 0.25) is 0 Å². The normalized spacial score (nSPS) is 10.7. The summed E-state index contributed by atoms with van der Waals surface area (Å²) in [5.41, 5.74) is 4.32. The number of aromatic nitrogens is 4. The molecule has 0 unspecified atom stereocenters. The highest BCUT2D eigenvalue weighted by molar-refractivity contribution is 7.13. The maximum atomic E-state index is 12.9. The predicted molar refractivity (Wildman–Crippen MR) is 114 cm³/mol. The maximum absolute atomic E-state index is 12.9. The molecule has 9 heteroatoms. The molecule has 0 aliphatic rings. The monoisotopic (exact) mass is 421 g/mol. The number of methoxy groups -OCH3 is 1. The molecule has 0 aliphatic carbocycles. The number of ether oxygens (including phenoxy) is 1. The van der Waals surface area contributed by atoms with E-state index in [9.17, 15) is 9.59 Å². The number of nitrogens with one attached hydrogen (secondary N) is 2. The van der Waals surface area contributed by atoms with Crippen LogP contribution in [0.3, 0.4) is 0 Å². The van der Waals surface area contributed by atoms with Crippen molar-refractivity contribution in [2.24, 2.45) is 0 Å². The van der Waals surface area contributed by atoms with Crippen LogP contribution < -0.4 is 5.32 Å². The van der Waals surface area contributed by atoms with E-state index in [-0.39, 0.29) is 5.91 Å². The second kappa shape index (κ2) is 8.34. The maximum Gasteiger partial charge on any atom is 0.337 e. The van der Waals surface area contributed by atoms with Gasteiger partial charge in [-0.25, -0.2) is 9.78 Å². The van der Waals surface area contributed by atoms with Crippen molar-refractivity contribution in [3.8, 4) is 10.6 Å². The minimum atomic E-state index is -0.421. The van der Waals surface area contributed by atoms with E-state index in [4.69, 9.17) is 0 Å². The van der Waals surface area contributed by atoms with Gasteiger partial charge in [0.15, 0.2) is 0 Å². The molecular formula is C21H19N5O3S. The fourth-order valence-corrected chi connectivity index (χ4v) is 3.83. The average molecular weight is 421 g/mol. The van der Waals surface area contributed by atoms with Crippen molar-refractivity contribution in [2.75, 3.05) is 12.4 Å². The van der Waals surface area contributed by atoms with Crippen molar-refractivity contribution in [1.82, 2.24) is 19.7 Å². The summed E-state index contributed by atoms with van der Waals surface area (Å²) in [6.07, 6.45) is 5.45. The Kier molecular flexibility index (Phi) is 5.44. The number of hydrogen-bond acceptors (Lipinski definition) is 6. The standard InChI is InChI=1S/C21H19N5O3S/c1-13-7-18(19(27)24-16-5-3-14(4-6-16)21(28)29-2)26(10-13)11-17-12-30-20(25-17)15-8-22-23-9-15/h3-10,12H,11H2,1-2H3,(H,22,23)(H,24,27). The Balaban J connectivity index is 1.50. The smallest absolute Gasteiger partial charge is 0.337 e. The first-order valence-electron chi connectivity index (χ1n) is 9.13. The second-order valence-corrected chi connectivity index (χ2v) is 7.54. The van der Waals surface area contributed by atoms with E-state index >= 15 is 0 Å². The Morgan fingerprint density at radius 2 is 2.07 bits per heavy atom. The number of aryl methyl sites for hydroxylation is 1. The fraction of sp³-hybridized carbons (Fsp3) is 0.143. The van der Waals surface area contributed by atoms with Crippen LogP contribution in [0.1, 0.15) is 32.1 Å². The Morgan fingerprint density at radius 1 is 1.27 bits per heavy atom. The second-order valence-electron chi connectivity index (χ2n) is 6.68. The fourth-order valence-electron chi connectivity index (χ4n) is 3.04. The number of benzene rings is 1. The quantitative estimate of drug-likeness (QED) is 0.462. The van der Waals surface area contributed by atoms with Crippen LogP contribution in [0.15, 0.2) is 54.3 Å². The summed E-state index contributed by atoms with van der Waals surface area (Å²) in [5.74, 6) is -0.658. The number of H-pyrrole nitrogens is 1. The zero-order chi connectivity index (χ0) is 21.1. The van der Waals surface area contributed by atoms with Crippen LogP contribution >= 0.6 is 11.3 Å². The molecule has 1 aromatic carbocycles. The predicted octanol–water partition coefficient (Wildman–Crippen LogP) is 3.73. The van der Waals surface area contributed by atoms with Crippen LogP contribution in [0.5, 0.6) is 0 Å². The molecule has 0 saturated heterocycles. The largest absolute Gasteiger partial charge is 0.465 e. The number of carbonyl (C=O) groups is 2. The van der Waals surface area contributed by atoms with E-state index in [1.807, 2.05) is 29.1 Å². The van der Waals surface area contributed by atoms with Gasteiger partial charge in [0.05, 0.1) is 31.1 Å². The Bertz CT molecular complexity index is 1180. The lowest BCUT2D eigenvalue weighted by Crippen LogP contribution is -2.17. The lowest BCUT2D eigenvalue weighted by Gasteiger charge is -2.09. The summed E-state index contributed by atoms with van der Waals surface area (Å²) in [7, 11) is 1.33. The van der Waals surface area contributed by atoms with Crippen LogP contribution in [-0.2, 0) is 11.3 Å². The molecule has 0 radical (unpaired) electrons. The third-order valence-electron chi connectivity index (χ3n) is 4.46. The van der Waals surface area contributed by atoms with Gasteiger partial charge in [-0.05, 0) is 42.8 Å². The van der Waals surface area contributed by atoms with Crippen molar-refractivity contribution in [2.45, 2.75) is 13.5 Å². The zero-order valence-corrected chi connectivity index (χ0v) is 17.2. The first kappa shape index (κ1) is 19.6. The molecule has 8 nitrogen and oxygen atoms in total. The van der Waals surface area contributed by atoms with Crippen molar-refractivity contribution in [3.63, 3.8) is 0 Å². The van der Waals surface area contributed by atoms with Crippen LogP contribution in [0.25, 0.3) is 10.6 Å². The Morgan fingerprint density at radius 3 is 2.77 bits per heavy atom. The third kappa shape index (κ3) is 4.15. The van der Waals surface area contributed by atoms with Gasteiger partial charge in [0, 0.05) is 29.0 Å². The molecule has 0 spiro atoms. The number of carbonyl (C=O) groups excluding carboxylic acids is 2. The molecule has 3 aromatic heterocycles. The molecule has 4 rings (SSSR count). The number of nitrogens with zero attached hydrogens (tertiary/aromatic N) is 3. The van der Waals surface area contributed by atoms with E-state index < -0.39 is 5.97 Å². The molecule has 30 heavy (non-hydrogen) atoms. The number of aromatic amines is 1. The molecule has 0 saturated carbocycles. The summed E-state index contributed by atoms with van der Waals surface area (Å²) in [6.45, 7) is 2.42. The minimum absolute atomic E-state index is 0.237. The minimum Gasteiger partial charge on any atom is -0.465 e. The third-order valence-corrected chi connectivity index (χ3v) is 5.40. The van der Waals surface area contributed by atoms with Crippen molar-refractivity contribution >= 4 is 28.9 Å². The van der Waals surface area contributed by atoms with Gasteiger partial charge in [-0.1, -0.05) is 0 Å². The molecule has 0 atom stereocenters. The van der Waals surface area contributed by atoms with Gasteiger partial charge in [0.1, 0.15) is 10.7 Å². The zero-order valence-electron chi connectivity index (χ0n) is 16.4. The number of esters is 1. The van der Waals surface area contributed by atoms with Gasteiger partial charge in [-0.15, -0.1) is 11.3 Å². The number of thiazole rings is 1. The van der Waals surface area contributed by atoms with E-state index in [0.29, 0.717) is 23.5 Å². The first-order chi connectivity index (χ1) is 14.5. The SMILES string of the molecule is COC(=O)c1ccc(NC(=O)c2cc(C)cn2Cc2csc(-c3cn[nH]c3)n2)cc1. The van der Waals surface area contributed by atoms with Gasteiger partial charge < -0.3 is 14.6 Å². The highest BCUT2D eigenvalue weighted by atomic mass is 32.1. The number of hydrogen-bond donors (Lipinski definition) is 2. The summed E-state index contributed by atoms with van der Waals surface area (Å²) >= 11 is 1.53. The van der Waals surface area contributed by atoms with Crippen molar-refractivity contribution in [1.29, 1.82) is 0 Å². The van der Waals surface area contributed by atoms with Crippen LogP contribution in [0, 0.1) is 6.92 Å². The molecule has 4 aromatic rings. The van der Waals surface area contributed by atoms with Crippen molar-refractivity contribution < 1.29 is 14.3 Å². The lowest BCUT2D eigenvalue weighted by atomic mass is 10.2. The first-order valence-corrected chi connectivity index (χ1v) is 10.0. The summed E-state index contributed by atoms with van der Waals surface area (Å²) in [4.78, 5) is 29.0. The summed E-state index contributed by atoms with van der Waals surface area (Å²) in [5, 5.41) is 12.5. The van der Waals surface area contributed by atoms with Gasteiger partial charge in [-0.2, -0.15) is 5.10 Å². The number of amides is 1.